The van der Waals surface area contributed by atoms with E-state index in [2.05, 4.69) is 20.8 Å². The topological polar surface area (TPSA) is 177 Å². The summed E-state index contributed by atoms with van der Waals surface area (Å²) in [5.41, 5.74) is 6.01. The van der Waals surface area contributed by atoms with Crippen molar-refractivity contribution in [1.82, 2.24) is 35.3 Å². The van der Waals surface area contributed by atoms with E-state index < -0.39 is 11.9 Å². The molecule has 7 atom stereocenters. The second-order valence-corrected chi connectivity index (χ2v) is 13.9. The number of β-lactam (4-membered cyclic amide) rings is 1. The summed E-state index contributed by atoms with van der Waals surface area (Å²) in [6, 6.07) is 3.14. The monoisotopic (exact) mass is 614 g/mol. The van der Waals surface area contributed by atoms with Crippen molar-refractivity contribution < 1.29 is 24.3 Å². The molecule has 2 aromatic rings. The smallest absolute Gasteiger partial charge is 0.353 e. The van der Waals surface area contributed by atoms with E-state index in [1.165, 1.54) is 32.7 Å². The summed E-state index contributed by atoms with van der Waals surface area (Å²) in [6.45, 7) is 5.61. The highest BCUT2D eigenvalue weighted by molar-refractivity contribution is 8.03. The van der Waals surface area contributed by atoms with Crippen LogP contribution in [-0.2, 0) is 25.7 Å². The molecule has 3 fully saturated rings. The number of aliphatic carboxylic acids is 1. The lowest BCUT2D eigenvalue weighted by Crippen LogP contribution is -2.62. The summed E-state index contributed by atoms with van der Waals surface area (Å²) < 4.78 is 1.47. The van der Waals surface area contributed by atoms with Crippen LogP contribution >= 0.6 is 23.1 Å². The van der Waals surface area contributed by atoms with E-state index in [0.717, 1.165) is 11.3 Å². The number of tetrazole rings is 1. The van der Waals surface area contributed by atoms with Gasteiger partial charge in [0, 0.05) is 48.2 Å². The first-order valence-corrected chi connectivity index (χ1v) is 16.0. The maximum atomic E-state index is 13.3. The van der Waals surface area contributed by atoms with Crippen molar-refractivity contribution in [3.8, 4) is 10.7 Å². The van der Waals surface area contributed by atoms with Crippen molar-refractivity contribution >= 4 is 46.7 Å². The Morgan fingerprint density at radius 3 is 2.83 bits per heavy atom. The Morgan fingerprint density at radius 2 is 2.14 bits per heavy atom. The Kier molecular flexibility index (Phi) is 7.93. The minimum absolute atomic E-state index is 0.00195. The molecule has 0 aromatic carbocycles. The molecule has 0 bridgehead atoms. The fourth-order valence-corrected chi connectivity index (χ4v) is 8.94. The van der Waals surface area contributed by atoms with Gasteiger partial charge in [-0.15, -0.1) is 28.2 Å². The van der Waals surface area contributed by atoms with E-state index in [1.54, 1.807) is 4.90 Å². The second kappa shape index (κ2) is 11.5. The Bertz CT molecular complexity index is 1430. The maximum absolute atomic E-state index is 13.3. The first-order valence-electron chi connectivity index (χ1n) is 14.2. The van der Waals surface area contributed by atoms with E-state index in [1.807, 2.05) is 31.4 Å². The third-order valence-corrected chi connectivity index (χ3v) is 11.1. The number of carboxylic acid groups (broad SMARTS) is 1. The van der Waals surface area contributed by atoms with Crippen LogP contribution in [0, 0.1) is 17.8 Å². The van der Waals surface area contributed by atoms with Crippen LogP contribution in [0.15, 0.2) is 28.1 Å². The number of likely N-dealkylation sites (tertiary alicyclic amines) is 1. The van der Waals surface area contributed by atoms with Crippen molar-refractivity contribution in [2.24, 2.45) is 23.5 Å². The van der Waals surface area contributed by atoms with Crippen molar-refractivity contribution in [2.45, 2.75) is 63.0 Å². The van der Waals surface area contributed by atoms with Gasteiger partial charge in [0.1, 0.15) is 12.2 Å². The molecular weight excluding hydrogens is 580 g/mol. The van der Waals surface area contributed by atoms with Gasteiger partial charge in [-0.1, -0.05) is 19.9 Å². The molecule has 4 N–H and O–H groups in total. The van der Waals surface area contributed by atoms with E-state index in [4.69, 9.17) is 5.73 Å². The average molecular weight is 615 g/mol. The van der Waals surface area contributed by atoms with E-state index >= 15 is 0 Å². The van der Waals surface area contributed by atoms with Crippen LogP contribution in [0.3, 0.4) is 0 Å². The zero-order valence-corrected chi connectivity index (χ0v) is 25.0. The number of hydrogen-bond acceptors (Lipinski definition) is 11. The van der Waals surface area contributed by atoms with E-state index in [0.29, 0.717) is 36.8 Å². The van der Waals surface area contributed by atoms with Crippen LogP contribution in [-0.4, -0.2) is 102 Å². The molecule has 6 rings (SSSR count). The summed E-state index contributed by atoms with van der Waals surface area (Å²) in [5.74, 6) is -1.87. The molecule has 3 saturated heterocycles. The number of rotatable bonds is 10. The molecule has 0 radical (unpaired) electrons. The number of nitrogens with two attached hydrogens (primary N) is 1. The minimum atomic E-state index is -1.13. The van der Waals surface area contributed by atoms with Gasteiger partial charge in [-0.2, -0.15) is 0 Å². The number of Topliss-reactive ketones (excluding diaryl/α,β-unsaturated/α-hetero) is 1. The molecule has 13 nitrogen and oxygen atoms in total. The average Bonchev–Trinajstić information content (AvgIpc) is 3.76. The normalized spacial score (nSPS) is 29.6. The van der Waals surface area contributed by atoms with Crippen molar-refractivity contribution in [2.75, 3.05) is 19.6 Å². The Balaban J connectivity index is 1.09. The molecule has 2 aromatic heterocycles. The van der Waals surface area contributed by atoms with Gasteiger partial charge in [-0.05, 0) is 40.6 Å². The van der Waals surface area contributed by atoms with Crippen LogP contribution in [0.25, 0.3) is 10.7 Å². The van der Waals surface area contributed by atoms with Gasteiger partial charge >= 0.3 is 5.97 Å². The number of carbonyl (C=O) groups excluding carboxylic acids is 3. The molecule has 0 saturated carbocycles. The Labute approximate surface area is 250 Å². The third-order valence-electron chi connectivity index (χ3n) is 8.77. The van der Waals surface area contributed by atoms with Crippen LogP contribution < -0.4 is 11.1 Å². The number of nitrogens with one attached hydrogen (secondary N) is 1. The number of fused-ring (bicyclic) bond motifs is 1. The van der Waals surface area contributed by atoms with Gasteiger partial charge in [0.2, 0.25) is 11.8 Å². The number of carbonyl (C=O) groups is 4. The quantitative estimate of drug-likeness (QED) is 0.323. The SMILES string of the molecule is C[C@@H](CC(=O)Cn1nnnc1-c1cccs1)[C@H]1C(=O)N2C(C(=O)O)=C(S[C@@H]3CN[C@H](C(=O)N4CC[C@H](N)C4)C3)[C@H](C)[C@H]12. The highest BCUT2D eigenvalue weighted by Crippen LogP contribution is 2.53. The van der Waals surface area contributed by atoms with Crippen molar-refractivity contribution in [1.29, 1.82) is 0 Å². The highest BCUT2D eigenvalue weighted by Gasteiger charge is 2.60. The number of amides is 2. The van der Waals surface area contributed by atoms with Gasteiger partial charge < -0.3 is 26.0 Å². The van der Waals surface area contributed by atoms with Gasteiger partial charge in [0.25, 0.3) is 0 Å². The van der Waals surface area contributed by atoms with Crippen LogP contribution in [0.1, 0.15) is 33.1 Å². The number of thiophene rings is 1. The summed E-state index contributed by atoms with van der Waals surface area (Å²) >= 11 is 2.94. The molecule has 4 aliphatic heterocycles. The van der Waals surface area contributed by atoms with Crippen molar-refractivity contribution in [3.63, 3.8) is 0 Å². The standard InChI is InChI=1S/C27H34N8O5S2/c1-13(8-16(36)12-34-24(30-31-32-34)19-4-3-7-41-19)20-21-14(2)23(22(27(39)40)35(21)26(20)38)42-17-9-18(29-10-17)25(37)33-6-5-15(28)11-33/h3-4,7,13-15,17-18,20-21,29H,5-6,8-12,28H2,1-2H3,(H,39,40)/t13-,14+,15-,17-,18-,20+,21+/m0/s1. The lowest BCUT2D eigenvalue weighted by atomic mass is 9.73. The number of thioether (sulfide) groups is 1. The minimum Gasteiger partial charge on any atom is -0.477 e. The molecule has 224 valence electrons. The van der Waals surface area contributed by atoms with Crippen LogP contribution in [0.2, 0.25) is 0 Å². The first-order chi connectivity index (χ1) is 20.1. The largest absolute Gasteiger partial charge is 0.477 e. The number of hydrogen-bond donors (Lipinski definition) is 3. The number of carboxylic acids is 1. The second-order valence-electron chi connectivity index (χ2n) is 11.7. The molecule has 6 heterocycles. The zero-order valence-electron chi connectivity index (χ0n) is 23.4. The molecule has 15 heteroatoms. The first kappa shape index (κ1) is 29.0. The lowest BCUT2D eigenvalue weighted by Gasteiger charge is -2.47. The van der Waals surface area contributed by atoms with E-state index in [-0.39, 0.29) is 71.5 Å². The maximum Gasteiger partial charge on any atom is 0.353 e. The molecule has 0 spiro atoms. The number of aromatic nitrogens is 4. The fourth-order valence-electron chi connectivity index (χ4n) is 6.75. The van der Waals surface area contributed by atoms with Crippen LogP contribution in [0.4, 0.5) is 0 Å². The van der Waals surface area contributed by atoms with Gasteiger partial charge in [0.05, 0.1) is 22.9 Å². The summed E-state index contributed by atoms with van der Waals surface area (Å²) in [4.78, 5) is 56.5. The highest BCUT2D eigenvalue weighted by atomic mass is 32.2. The molecular formula is C27H34N8O5S2. The van der Waals surface area contributed by atoms with Gasteiger partial charge in [0.15, 0.2) is 11.6 Å². The molecule has 4 aliphatic rings. The Morgan fingerprint density at radius 1 is 1.33 bits per heavy atom. The predicted octanol–water partition coefficient (Wildman–Crippen LogP) is 0.793. The molecule has 0 unspecified atom stereocenters. The molecule has 2 amide bonds. The number of nitrogens with zero attached hydrogens (tertiary/aromatic N) is 6. The summed E-state index contributed by atoms with van der Waals surface area (Å²) in [5, 5.41) is 27.0. The third kappa shape index (κ3) is 5.16. The van der Waals surface area contributed by atoms with Gasteiger partial charge in [-0.25, -0.2) is 9.48 Å². The lowest BCUT2D eigenvalue weighted by molar-refractivity contribution is -0.160. The number of ketones is 1. The zero-order chi connectivity index (χ0) is 29.7. The predicted molar refractivity (Wildman–Crippen MR) is 155 cm³/mol. The Hall–Kier alpha value is -3.14. The molecule has 42 heavy (non-hydrogen) atoms. The molecule has 0 aliphatic carbocycles. The van der Waals surface area contributed by atoms with E-state index in [9.17, 15) is 24.3 Å². The van der Waals surface area contributed by atoms with Crippen LogP contribution in [0.5, 0.6) is 0 Å². The summed E-state index contributed by atoms with van der Waals surface area (Å²) in [6.07, 6.45) is 1.53. The summed E-state index contributed by atoms with van der Waals surface area (Å²) in [7, 11) is 0. The van der Waals surface area contributed by atoms with Crippen molar-refractivity contribution in [3.05, 3.63) is 28.1 Å². The fraction of sp³-hybridized carbons (Fsp3) is 0.593. The van der Waals surface area contributed by atoms with Gasteiger partial charge in [-0.3, -0.25) is 14.4 Å².